The zero-order valence-electron chi connectivity index (χ0n) is 14.9. The highest BCUT2D eigenvalue weighted by atomic mass is 32.1. The van der Waals surface area contributed by atoms with E-state index in [2.05, 4.69) is 15.2 Å². The molecule has 0 saturated carbocycles. The number of halogens is 3. The molecule has 0 bridgehead atoms. The van der Waals surface area contributed by atoms with E-state index < -0.39 is 12.0 Å². The van der Waals surface area contributed by atoms with Crippen molar-refractivity contribution in [1.29, 1.82) is 0 Å². The normalized spacial score (nSPS) is 13.3. The lowest BCUT2D eigenvalue weighted by atomic mass is 10.1. The van der Waals surface area contributed by atoms with E-state index in [1.165, 1.54) is 18.1 Å². The minimum atomic E-state index is -4.55. The van der Waals surface area contributed by atoms with Gasteiger partial charge in [0, 0.05) is 13.1 Å². The van der Waals surface area contributed by atoms with Gasteiger partial charge < -0.3 is 0 Å². The highest BCUT2D eigenvalue weighted by molar-refractivity contribution is 7.71. The Balaban J connectivity index is 1.76. The van der Waals surface area contributed by atoms with E-state index in [0.717, 1.165) is 15.8 Å². The maximum absolute atomic E-state index is 13.0. The number of benzene rings is 1. The molecule has 2 aromatic heterocycles. The minimum absolute atomic E-state index is 0.0166. The van der Waals surface area contributed by atoms with Crippen LogP contribution in [0.1, 0.15) is 24.4 Å². The summed E-state index contributed by atoms with van der Waals surface area (Å²) in [6, 6.07) is 7.63. The van der Waals surface area contributed by atoms with Crippen molar-refractivity contribution in [2.75, 3.05) is 7.05 Å². The molecule has 1 atom stereocenters. The first-order chi connectivity index (χ1) is 12.7. The zero-order chi connectivity index (χ0) is 19.8. The van der Waals surface area contributed by atoms with E-state index in [-0.39, 0.29) is 17.5 Å². The quantitative estimate of drug-likeness (QED) is 0.619. The molecule has 2 heterocycles. The van der Waals surface area contributed by atoms with Crippen LogP contribution in [0.15, 0.2) is 36.9 Å². The molecule has 0 spiro atoms. The van der Waals surface area contributed by atoms with Crippen LogP contribution in [0.4, 0.5) is 13.2 Å². The fourth-order valence-electron chi connectivity index (χ4n) is 2.66. The lowest BCUT2D eigenvalue weighted by molar-refractivity contribution is -0.147. The average molecular weight is 397 g/mol. The molecule has 0 radical (unpaired) electrons. The Hall–Kier alpha value is -2.53. The molecule has 0 aliphatic carbocycles. The third kappa shape index (κ3) is 3.93. The number of aromatic nitrogens is 6. The second-order valence-corrected chi connectivity index (χ2v) is 6.53. The third-order valence-electron chi connectivity index (χ3n) is 4.37. The topological polar surface area (TPSA) is 56.7 Å². The van der Waals surface area contributed by atoms with Gasteiger partial charge >= 0.3 is 6.18 Å². The summed E-state index contributed by atoms with van der Waals surface area (Å²) in [6.45, 7) is 2.09. The van der Waals surface area contributed by atoms with Gasteiger partial charge in [-0.05, 0) is 43.9 Å². The van der Waals surface area contributed by atoms with E-state index >= 15 is 0 Å². The SMILES string of the molecule is C[C@@H](c1ccc(-n2cncn2)cc1)N(C)Cn1nc(C(F)(F)F)n(C)c1=S. The van der Waals surface area contributed by atoms with Crippen molar-refractivity contribution in [2.45, 2.75) is 25.8 Å². The Kier molecular flexibility index (Phi) is 5.16. The van der Waals surface area contributed by atoms with Gasteiger partial charge in [0.2, 0.25) is 5.82 Å². The molecule has 11 heteroatoms. The van der Waals surface area contributed by atoms with Crippen LogP contribution in [0.25, 0.3) is 5.69 Å². The van der Waals surface area contributed by atoms with Crippen LogP contribution in [0.2, 0.25) is 0 Å². The molecule has 3 rings (SSSR count). The molecule has 0 fully saturated rings. The molecule has 27 heavy (non-hydrogen) atoms. The number of nitrogens with zero attached hydrogens (tertiary/aromatic N) is 7. The lowest BCUT2D eigenvalue weighted by Gasteiger charge is -2.25. The Morgan fingerprint density at radius 1 is 1.22 bits per heavy atom. The maximum Gasteiger partial charge on any atom is 0.451 e. The molecule has 0 aliphatic heterocycles. The van der Waals surface area contributed by atoms with E-state index in [9.17, 15) is 13.2 Å². The zero-order valence-corrected chi connectivity index (χ0v) is 15.7. The molecule has 0 saturated heterocycles. The standard InChI is InChI=1S/C16H18F3N7S/c1-11(12-4-6-13(7-5-12)25-9-20-8-21-25)23(2)10-26-15(27)24(3)14(22-26)16(17,18)19/h4-9,11H,10H2,1-3H3/t11-/m0/s1. The molecule has 0 amide bonds. The Morgan fingerprint density at radius 2 is 1.89 bits per heavy atom. The largest absolute Gasteiger partial charge is 0.451 e. The van der Waals surface area contributed by atoms with Crippen molar-refractivity contribution in [1.82, 2.24) is 34.0 Å². The van der Waals surface area contributed by atoms with E-state index in [0.29, 0.717) is 0 Å². The van der Waals surface area contributed by atoms with Crippen LogP contribution < -0.4 is 0 Å². The monoisotopic (exact) mass is 397 g/mol. The predicted molar refractivity (Wildman–Crippen MR) is 94.6 cm³/mol. The van der Waals surface area contributed by atoms with Crippen molar-refractivity contribution < 1.29 is 13.2 Å². The summed E-state index contributed by atoms with van der Waals surface area (Å²) in [7, 11) is 3.07. The van der Waals surface area contributed by atoms with E-state index in [1.54, 1.807) is 18.1 Å². The van der Waals surface area contributed by atoms with Gasteiger partial charge in [0.1, 0.15) is 12.7 Å². The molecule has 0 N–H and O–H groups in total. The number of alkyl halides is 3. The smallest absolute Gasteiger partial charge is 0.299 e. The van der Waals surface area contributed by atoms with Crippen LogP contribution in [-0.2, 0) is 19.9 Å². The predicted octanol–water partition coefficient (Wildman–Crippen LogP) is 3.20. The van der Waals surface area contributed by atoms with Crippen molar-refractivity contribution in [3.8, 4) is 5.69 Å². The molecule has 1 aromatic carbocycles. The Morgan fingerprint density at radius 3 is 2.41 bits per heavy atom. The number of hydrogen-bond donors (Lipinski definition) is 0. The van der Waals surface area contributed by atoms with Crippen molar-refractivity contribution in [3.05, 3.63) is 53.1 Å². The minimum Gasteiger partial charge on any atom is -0.299 e. The van der Waals surface area contributed by atoms with Crippen LogP contribution in [0.3, 0.4) is 0 Å². The summed E-state index contributed by atoms with van der Waals surface area (Å²) >= 11 is 5.09. The summed E-state index contributed by atoms with van der Waals surface area (Å²) in [5.41, 5.74) is 1.87. The molecule has 7 nitrogen and oxygen atoms in total. The number of hydrogen-bond acceptors (Lipinski definition) is 5. The molecule has 144 valence electrons. The Labute approximate surface area is 158 Å². The average Bonchev–Trinajstić information content (AvgIpc) is 3.25. The van der Waals surface area contributed by atoms with E-state index in [1.807, 2.05) is 36.1 Å². The van der Waals surface area contributed by atoms with Crippen molar-refractivity contribution in [3.63, 3.8) is 0 Å². The van der Waals surface area contributed by atoms with Gasteiger partial charge in [-0.3, -0.25) is 9.47 Å². The summed E-state index contributed by atoms with van der Waals surface area (Å²) in [5, 5.41) is 7.70. The first-order valence-electron chi connectivity index (χ1n) is 8.04. The van der Waals surface area contributed by atoms with E-state index in [4.69, 9.17) is 12.2 Å². The summed E-state index contributed by atoms with van der Waals surface area (Å²) in [6.07, 6.45) is -1.49. The molecule has 0 unspecified atom stereocenters. The highest BCUT2D eigenvalue weighted by Crippen LogP contribution is 2.28. The fourth-order valence-corrected chi connectivity index (χ4v) is 2.85. The summed E-state index contributed by atoms with van der Waals surface area (Å²) in [4.78, 5) is 5.78. The number of rotatable bonds is 5. The molecule has 0 aliphatic rings. The summed E-state index contributed by atoms with van der Waals surface area (Å²) < 4.78 is 42.7. The van der Waals surface area contributed by atoms with Crippen molar-refractivity contribution in [2.24, 2.45) is 7.05 Å². The van der Waals surface area contributed by atoms with Crippen LogP contribution in [-0.4, -0.2) is 41.1 Å². The lowest BCUT2D eigenvalue weighted by Crippen LogP contribution is -2.26. The van der Waals surface area contributed by atoms with Gasteiger partial charge in [-0.2, -0.15) is 18.3 Å². The fraction of sp³-hybridized carbons (Fsp3) is 0.375. The second-order valence-electron chi connectivity index (χ2n) is 6.17. The summed E-state index contributed by atoms with van der Waals surface area (Å²) in [5.74, 6) is -1.01. The highest BCUT2D eigenvalue weighted by Gasteiger charge is 2.37. The van der Waals surface area contributed by atoms with Gasteiger partial charge in [-0.25, -0.2) is 14.3 Å². The second kappa shape index (κ2) is 7.24. The van der Waals surface area contributed by atoms with Gasteiger partial charge in [0.25, 0.3) is 0 Å². The van der Waals surface area contributed by atoms with Gasteiger partial charge in [-0.1, -0.05) is 12.1 Å². The maximum atomic E-state index is 13.0. The van der Waals surface area contributed by atoms with Crippen molar-refractivity contribution >= 4 is 12.2 Å². The first kappa shape index (κ1) is 19.2. The molecular formula is C16H18F3N7S. The van der Waals surface area contributed by atoms with Crippen LogP contribution >= 0.6 is 12.2 Å². The molecular weight excluding hydrogens is 379 g/mol. The van der Waals surface area contributed by atoms with Gasteiger partial charge in [0.05, 0.1) is 12.4 Å². The van der Waals surface area contributed by atoms with Gasteiger partial charge in [-0.15, -0.1) is 5.10 Å². The Bertz CT molecular complexity index is 958. The van der Waals surface area contributed by atoms with Gasteiger partial charge in [0.15, 0.2) is 4.77 Å². The third-order valence-corrected chi connectivity index (χ3v) is 4.86. The first-order valence-corrected chi connectivity index (χ1v) is 8.45. The van der Waals surface area contributed by atoms with Crippen LogP contribution in [0, 0.1) is 4.77 Å². The molecule has 3 aromatic rings. The van der Waals surface area contributed by atoms with Crippen LogP contribution in [0.5, 0.6) is 0 Å².